The molecule has 2 aliphatic heterocycles. The fourth-order valence-corrected chi connectivity index (χ4v) is 4.29. The Morgan fingerprint density at radius 1 is 1.05 bits per heavy atom. The molecule has 0 saturated carbocycles. The standard InChI is InChI=1S/C27H30FN5O5/c28-21-16-20(6-8-22(21)35-14-4-13-33-11-2-1-3-12-33)31-26-29-10-9-25(32-26)38-27(34)30-17-19-5-7-23-24(15-19)37-18-36-23/h5-10,15-16H,1-4,11-14,17-18H2,(H,30,34)(H,29,31,32). The first-order chi connectivity index (χ1) is 18.6. The number of halogens is 1. The van der Waals surface area contributed by atoms with E-state index in [4.69, 9.17) is 18.9 Å². The zero-order valence-electron chi connectivity index (χ0n) is 21.0. The summed E-state index contributed by atoms with van der Waals surface area (Å²) < 4.78 is 36.1. The number of anilines is 2. The number of likely N-dealkylation sites (tertiary alicyclic amines) is 1. The molecule has 38 heavy (non-hydrogen) atoms. The molecule has 1 aromatic heterocycles. The van der Waals surface area contributed by atoms with E-state index in [-0.39, 0.29) is 30.9 Å². The summed E-state index contributed by atoms with van der Waals surface area (Å²) in [7, 11) is 0. The average Bonchev–Trinajstić information content (AvgIpc) is 3.40. The molecule has 0 unspecified atom stereocenters. The molecule has 3 aromatic rings. The Kier molecular flexibility index (Phi) is 8.34. The molecule has 2 N–H and O–H groups in total. The van der Waals surface area contributed by atoms with E-state index in [1.807, 2.05) is 6.07 Å². The van der Waals surface area contributed by atoms with Crippen molar-refractivity contribution in [1.82, 2.24) is 20.2 Å². The molecule has 3 heterocycles. The number of aromatic nitrogens is 2. The minimum Gasteiger partial charge on any atom is -0.490 e. The summed E-state index contributed by atoms with van der Waals surface area (Å²) in [6.07, 6.45) is 5.41. The Morgan fingerprint density at radius 3 is 2.79 bits per heavy atom. The van der Waals surface area contributed by atoms with Gasteiger partial charge >= 0.3 is 6.09 Å². The summed E-state index contributed by atoms with van der Waals surface area (Å²) in [5.41, 5.74) is 1.26. The van der Waals surface area contributed by atoms with Crippen LogP contribution in [0.5, 0.6) is 23.1 Å². The Morgan fingerprint density at radius 2 is 1.92 bits per heavy atom. The Balaban J connectivity index is 1.08. The number of nitrogens with one attached hydrogen (secondary N) is 2. The molecule has 0 spiro atoms. The molecule has 0 atom stereocenters. The van der Waals surface area contributed by atoms with Gasteiger partial charge in [-0.2, -0.15) is 4.98 Å². The molecule has 2 aliphatic rings. The first-order valence-electron chi connectivity index (χ1n) is 12.7. The second kappa shape index (κ2) is 12.4. The van der Waals surface area contributed by atoms with Crippen molar-refractivity contribution in [2.75, 3.05) is 38.4 Å². The molecule has 5 rings (SSSR count). The van der Waals surface area contributed by atoms with Crippen LogP contribution in [-0.4, -0.2) is 54.0 Å². The van der Waals surface area contributed by atoms with Crippen molar-refractivity contribution >= 4 is 17.7 Å². The molecule has 11 heteroatoms. The van der Waals surface area contributed by atoms with Crippen LogP contribution in [0.3, 0.4) is 0 Å². The Bertz CT molecular complexity index is 1250. The van der Waals surface area contributed by atoms with Gasteiger partial charge in [0.15, 0.2) is 23.1 Å². The monoisotopic (exact) mass is 523 g/mol. The van der Waals surface area contributed by atoms with Gasteiger partial charge in [-0.25, -0.2) is 14.2 Å². The number of rotatable bonds is 10. The van der Waals surface area contributed by atoms with Gasteiger partial charge in [-0.1, -0.05) is 12.5 Å². The minimum absolute atomic E-state index is 0.0415. The predicted octanol–water partition coefficient (Wildman–Crippen LogP) is 4.63. The number of ether oxygens (including phenoxy) is 4. The molecule has 0 aliphatic carbocycles. The van der Waals surface area contributed by atoms with Crippen molar-refractivity contribution in [3.05, 3.63) is 60.0 Å². The van der Waals surface area contributed by atoms with Crippen LogP contribution >= 0.6 is 0 Å². The number of amides is 1. The normalized spacial score (nSPS) is 14.7. The lowest BCUT2D eigenvalue weighted by Gasteiger charge is -2.26. The molecule has 0 bridgehead atoms. The number of hydrogen-bond acceptors (Lipinski definition) is 9. The third kappa shape index (κ3) is 7.00. The zero-order chi connectivity index (χ0) is 26.2. The highest BCUT2D eigenvalue weighted by molar-refractivity contribution is 5.70. The van der Waals surface area contributed by atoms with Crippen LogP contribution in [0.1, 0.15) is 31.2 Å². The van der Waals surface area contributed by atoms with E-state index in [9.17, 15) is 9.18 Å². The highest BCUT2D eigenvalue weighted by Crippen LogP contribution is 2.32. The number of fused-ring (bicyclic) bond motifs is 1. The number of carbonyl (C=O) groups is 1. The van der Waals surface area contributed by atoms with E-state index in [0.29, 0.717) is 23.8 Å². The van der Waals surface area contributed by atoms with Gasteiger partial charge < -0.3 is 34.5 Å². The maximum Gasteiger partial charge on any atom is 0.414 e. The summed E-state index contributed by atoms with van der Waals surface area (Å²) in [6.45, 7) is 4.11. The molecule has 1 amide bonds. The van der Waals surface area contributed by atoms with Crippen LogP contribution in [0.2, 0.25) is 0 Å². The van der Waals surface area contributed by atoms with Gasteiger partial charge in [0.25, 0.3) is 0 Å². The van der Waals surface area contributed by atoms with E-state index in [1.165, 1.54) is 37.6 Å². The molecular formula is C27H30FN5O5. The van der Waals surface area contributed by atoms with Crippen LogP contribution in [-0.2, 0) is 6.54 Å². The predicted molar refractivity (Wildman–Crippen MR) is 138 cm³/mol. The summed E-state index contributed by atoms with van der Waals surface area (Å²) in [4.78, 5) is 22.9. The maximum absolute atomic E-state index is 14.6. The van der Waals surface area contributed by atoms with E-state index >= 15 is 0 Å². The van der Waals surface area contributed by atoms with Gasteiger partial charge in [0.05, 0.1) is 6.61 Å². The quantitative estimate of drug-likeness (QED) is 0.368. The Hall–Kier alpha value is -4.12. The maximum atomic E-state index is 14.6. The molecule has 200 valence electrons. The van der Waals surface area contributed by atoms with Crippen molar-refractivity contribution in [3.8, 4) is 23.1 Å². The van der Waals surface area contributed by atoms with Gasteiger partial charge in [0.2, 0.25) is 18.6 Å². The number of hydrogen-bond donors (Lipinski definition) is 2. The second-order valence-corrected chi connectivity index (χ2v) is 9.02. The van der Waals surface area contributed by atoms with E-state index in [0.717, 1.165) is 31.6 Å². The number of piperidine rings is 1. The first kappa shape index (κ1) is 25.5. The van der Waals surface area contributed by atoms with Gasteiger partial charge in [-0.15, -0.1) is 0 Å². The van der Waals surface area contributed by atoms with Crippen molar-refractivity contribution < 1.29 is 28.1 Å². The lowest BCUT2D eigenvalue weighted by Crippen LogP contribution is -2.31. The Labute approximate surface area is 220 Å². The molecule has 10 nitrogen and oxygen atoms in total. The fraction of sp³-hybridized carbons (Fsp3) is 0.370. The molecule has 1 saturated heterocycles. The summed E-state index contributed by atoms with van der Waals surface area (Å²) in [5, 5.41) is 5.57. The number of carbonyl (C=O) groups excluding carboxylic acids is 1. The van der Waals surface area contributed by atoms with Crippen molar-refractivity contribution in [2.45, 2.75) is 32.2 Å². The van der Waals surface area contributed by atoms with Crippen LogP contribution < -0.4 is 29.6 Å². The zero-order valence-corrected chi connectivity index (χ0v) is 21.0. The minimum atomic E-state index is -0.680. The van der Waals surface area contributed by atoms with E-state index in [1.54, 1.807) is 24.3 Å². The molecule has 2 aromatic carbocycles. The van der Waals surface area contributed by atoms with Crippen molar-refractivity contribution in [2.24, 2.45) is 0 Å². The largest absolute Gasteiger partial charge is 0.490 e. The molecule has 1 fully saturated rings. The number of benzene rings is 2. The van der Waals surface area contributed by atoms with Gasteiger partial charge in [0, 0.05) is 37.1 Å². The van der Waals surface area contributed by atoms with Crippen LogP contribution in [0.4, 0.5) is 20.8 Å². The van der Waals surface area contributed by atoms with Crippen LogP contribution in [0.25, 0.3) is 0 Å². The highest BCUT2D eigenvalue weighted by atomic mass is 19.1. The average molecular weight is 524 g/mol. The van der Waals surface area contributed by atoms with E-state index in [2.05, 4.69) is 25.5 Å². The van der Waals surface area contributed by atoms with Crippen molar-refractivity contribution in [1.29, 1.82) is 0 Å². The van der Waals surface area contributed by atoms with Gasteiger partial charge in [-0.05, 0) is 62.2 Å². The molecular weight excluding hydrogens is 493 g/mol. The lowest BCUT2D eigenvalue weighted by molar-refractivity contribution is 0.174. The number of nitrogens with zero attached hydrogens (tertiary/aromatic N) is 3. The summed E-state index contributed by atoms with van der Waals surface area (Å²) >= 11 is 0. The SMILES string of the molecule is O=C(NCc1ccc2c(c1)OCO2)Oc1ccnc(Nc2ccc(OCCCN3CCCCC3)c(F)c2)n1. The van der Waals surface area contributed by atoms with Crippen LogP contribution in [0, 0.1) is 5.82 Å². The fourth-order valence-electron chi connectivity index (χ4n) is 4.29. The third-order valence-electron chi connectivity index (χ3n) is 6.21. The highest BCUT2D eigenvalue weighted by Gasteiger charge is 2.14. The second-order valence-electron chi connectivity index (χ2n) is 9.02. The van der Waals surface area contributed by atoms with Crippen LogP contribution in [0.15, 0.2) is 48.7 Å². The topological polar surface area (TPSA) is 107 Å². The van der Waals surface area contributed by atoms with Gasteiger partial charge in [-0.3, -0.25) is 0 Å². The summed E-state index contributed by atoms with van der Waals surface area (Å²) in [5.74, 6) is 1.21. The first-order valence-corrected chi connectivity index (χ1v) is 12.7. The molecule has 0 radical (unpaired) electrons. The van der Waals surface area contributed by atoms with Gasteiger partial charge in [0.1, 0.15) is 0 Å². The van der Waals surface area contributed by atoms with Crippen molar-refractivity contribution in [3.63, 3.8) is 0 Å². The smallest absolute Gasteiger partial charge is 0.414 e. The third-order valence-corrected chi connectivity index (χ3v) is 6.21. The summed E-state index contributed by atoms with van der Waals surface area (Å²) in [6, 6.07) is 11.4. The van der Waals surface area contributed by atoms with E-state index < -0.39 is 11.9 Å². The lowest BCUT2D eigenvalue weighted by atomic mass is 10.1.